The van der Waals surface area contributed by atoms with E-state index in [4.69, 9.17) is 23.2 Å². The maximum atomic E-state index is 13.1. The summed E-state index contributed by atoms with van der Waals surface area (Å²) in [6.45, 7) is 1.76. The van der Waals surface area contributed by atoms with Crippen molar-refractivity contribution in [2.75, 3.05) is 6.54 Å². The maximum absolute atomic E-state index is 13.1. The number of carbonyl (C=O) groups excluding carboxylic acids is 2. The minimum atomic E-state index is -0.222. The third kappa shape index (κ3) is 5.30. The molecule has 1 aromatic heterocycles. The zero-order valence-corrected chi connectivity index (χ0v) is 23.0. The molecule has 0 atom stereocenters. The van der Waals surface area contributed by atoms with E-state index in [2.05, 4.69) is 21.0 Å². The van der Waals surface area contributed by atoms with Crippen LogP contribution in [0.1, 0.15) is 45.5 Å². The van der Waals surface area contributed by atoms with E-state index < -0.39 is 0 Å². The number of nitrogens with zero attached hydrogens (tertiary/aromatic N) is 4. The zero-order valence-electron chi connectivity index (χ0n) is 19.1. The first kappa shape index (κ1) is 26.6. The smallest absolute Gasteiger partial charge is 0.265 e. The fraction of sp³-hybridized carbons (Fsp3) is 0.231. The Hall–Kier alpha value is -2.45. The standard InChI is InChI=1S/C26H22BrCl2N4O2.ClH/c27-22-10-9-21-24-19(22)5-4-6-20(24)25(34)33(26(21)35)12-3-1-2-11-32-16-31(15-30-32)14-17-7-8-18(28)13-23(17)29;/h4-10,13,15-16H,1-3,11-12,14H2;1H/q+1;/p-1. The van der Waals surface area contributed by atoms with Gasteiger partial charge in [-0.1, -0.05) is 57.3 Å². The van der Waals surface area contributed by atoms with E-state index in [1.165, 1.54) is 4.90 Å². The second-order valence-corrected chi connectivity index (χ2v) is 10.3. The van der Waals surface area contributed by atoms with Crippen molar-refractivity contribution in [3.63, 3.8) is 0 Å². The number of aryl methyl sites for hydroxylation is 1. The molecule has 1 aliphatic heterocycles. The fourth-order valence-corrected chi connectivity index (χ4v) is 5.37. The molecule has 36 heavy (non-hydrogen) atoms. The topological polar surface area (TPSA) is 59.1 Å². The summed E-state index contributed by atoms with van der Waals surface area (Å²) in [4.78, 5) is 27.5. The van der Waals surface area contributed by atoms with Gasteiger partial charge in [-0.3, -0.25) is 14.5 Å². The van der Waals surface area contributed by atoms with Crippen molar-refractivity contribution in [3.8, 4) is 0 Å². The van der Waals surface area contributed by atoms with Gasteiger partial charge in [0.05, 0.1) is 6.54 Å². The van der Waals surface area contributed by atoms with E-state index in [9.17, 15) is 9.59 Å². The average Bonchev–Trinajstić information content (AvgIpc) is 3.29. The summed E-state index contributed by atoms with van der Waals surface area (Å²) in [5.41, 5.74) is 2.14. The largest absolute Gasteiger partial charge is 1.00 e. The molecule has 0 spiro atoms. The molecule has 2 heterocycles. The van der Waals surface area contributed by atoms with Crippen LogP contribution in [0, 0.1) is 0 Å². The second-order valence-electron chi connectivity index (χ2n) is 8.56. The van der Waals surface area contributed by atoms with Crippen molar-refractivity contribution >= 4 is 61.7 Å². The van der Waals surface area contributed by atoms with Crippen molar-refractivity contribution in [1.29, 1.82) is 0 Å². The van der Waals surface area contributed by atoms with Crippen molar-refractivity contribution in [2.45, 2.75) is 32.4 Å². The third-order valence-corrected chi connectivity index (χ3v) is 7.48. The number of hydrogen-bond donors (Lipinski definition) is 0. The lowest BCUT2D eigenvalue weighted by atomic mass is 9.94. The molecule has 0 unspecified atom stereocenters. The van der Waals surface area contributed by atoms with Crippen molar-refractivity contribution < 1.29 is 26.6 Å². The van der Waals surface area contributed by atoms with E-state index in [-0.39, 0.29) is 24.2 Å². The Labute approximate surface area is 233 Å². The van der Waals surface area contributed by atoms with E-state index in [0.29, 0.717) is 34.3 Å². The van der Waals surface area contributed by atoms with Crippen LogP contribution in [0.4, 0.5) is 0 Å². The lowest BCUT2D eigenvalue weighted by molar-refractivity contribution is -0.689. The van der Waals surface area contributed by atoms with E-state index in [1.807, 2.05) is 45.9 Å². The van der Waals surface area contributed by atoms with Crippen molar-refractivity contribution in [2.24, 2.45) is 0 Å². The number of unbranched alkanes of at least 4 members (excludes halogenated alkanes) is 2. The van der Waals surface area contributed by atoms with Crippen LogP contribution in [-0.2, 0) is 13.1 Å². The maximum Gasteiger partial charge on any atom is 0.265 e. The number of aromatic nitrogens is 3. The highest BCUT2D eigenvalue weighted by molar-refractivity contribution is 9.10. The molecule has 0 N–H and O–H groups in total. The summed E-state index contributed by atoms with van der Waals surface area (Å²) in [5, 5.41) is 7.28. The molecule has 4 aromatic rings. The average molecular weight is 609 g/mol. The van der Waals surface area contributed by atoms with Crippen LogP contribution in [0.25, 0.3) is 10.8 Å². The predicted molar refractivity (Wildman–Crippen MR) is 139 cm³/mol. The van der Waals surface area contributed by atoms with Gasteiger partial charge >= 0.3 is 0 Å². The Morgan fingerprint density at radius 2 is 1.67 bits per heavy atom. The molecule has 0 aliphatic carbocycles. The SMILES string of the molecule is O=C1c2cccc3c(Br)ccc(c23)C(=O)N1CCCCCn1c[n+](Cc2ccc(Cl)cc2Cl)cn1.[Cl-]. The molecule has 0 radical (unpaired) electrons. The summed E-state index contributed by atoms with van der Waals surface area (Å²) in [6, 6.07) is 14.7. The van der Waals surface area contributed by atoms with Crippen LogP contribution in [0.2, 0.25) is 10.0 Å². The molecule has 10 heteroatoms. The first-order valence-electron chi connectivity index (χ1n) is 11.4. The Balaban J connectivity index is 0.00000304. The van der Waals surface area contributed by atoms with Crippen LogP contribution in [0.15, 0.2) is 65.7 Å². The van der Waals surface area contributed by atoms with Gasteiger partial charge in [-0.15, -0.1) is 4.68 Å². The van der Waals surface area contributed by atoms with Gasteiger partial charge in [-0.05, 0) is 55.0 Å². The zero-order chi connectivity index (χ0) is 24.5. The lowest BCUT2D eigenvalue weighted by Gasteiger charge is -2.27. The molecule has 5 rings (SSSR count). The second kappa shape index (κ2) is 11.3. The molecule has 0 bridgehead atoms. The van der Waals surface area contributed by atoms with E-state index in [0.717, 1.165) is 46.6 Å². The first-order chi connectivity index (χ1) is 16.9. The summed E-state index contributed by atoms with van der Waals surface area (Å²) in [6.07, 6.45) is 6.21. The van der Waals surface area contributed by atoms with Gasteiger partial charge < -0.3 is 12.4 Å². The number of benzene rings is 3. The molecule has 1 aliphatic rings. The summed E-state index contributed by atoms with van der Waals surface area (Å²) < 4.78 is 4.73. The number of halogens is 4. The van der Waals surface area contributed by atoms with E-state index >= 15 is 0 Å². The molecule has 0 fully saturated rings. The fourth-order valence-electron chi connectivity index (χ4n) is 4.44. The van der Waals surface area contributed by atoms with Crippen LogP contribution < -0.4 is 17.0 Å². The molecule has 3 aromatic carbocycles. The van der Waals surface area contributed by atoms with Crippen molar-refractivity contribution in [3.05, 3.63) is 92.4 Å². The lowest BCUT2D eigenvalue weighted by Crippen LogP contribution is -3.00. The summed E-state index contributed by atoms with van der Waals surface area (Å²) in [5.74, 6) is -0.444. The van der Waals surface area contributed by atoms with Gasteiger partial charge in [-0.25, -0.2) is 4.57 Å². The number of imide groups is 1. The Kier molecular flexibility index (Phi) is 8.35. The Morgan fingerprint density at radius 1 is 0.917 bits per heavy atom. The van der Waals surface area contributed by atoms with Crippen LogP contribution in [-0.4, -0.2) is 33.0 Å². The first-order valence-corrected chi connectivity index (χ1v) is 12.9. The van der Waals surface area contributed by atoms with Gasteiger partial charge in [0, 0.05) is 48.2 Å². The minimum Gasteiger partial charge on any atom is -1.00 e. The van der Waals surface area contributed by atoms with Gasteiger partial charge in [0.25, 0.3) is 18.1 Å². The molecule has 0 saturated heterocycles. The minimum absolute atomic E-state index is 0. The van der Waals surface area contributed by atoms with Crippen LogP contribution in [0.3, 0.4) is 0 Å². The Bertz CT molecular complexity index is 1430. The monoisotopic (exact) mass is 606 g/mol. The summed E-state index contributed by atoms with van der Waals surface area (Å²) in [7, 11) is 0. The van der Waals surface area contributed by atoms with Crippen LogP contribution >= 0.6 is 39.1 Å². The van der Waals surface area contributed by atoms with Gasteiger partial charge in [0.15, 0.2) is 0 Å². The molecular formula is C26H22BrCl3N4O2. The molecular weight excluding hydrogens is 587 g/mol. The molecule has 6 nitrogen and oxygen atoms in total. The normalized spacial score (nSPS) is 12.8. The van der Waals surface area contributed by atoms with Crippen molar-refractivity contribution in [1.82, 2.24) is 14.7 Å². The number of amides is 2. The Morgan fingerprint density at radius 3 is 2.44 bits per heavy atom. The molecule has 186 valence electrons. The quantitative estimate of drug-likeness (QED) is 0.176. The van der Waals surface area contributed by atoms with Gasteiger partial charge in [0.1, 0.15) is 6.54 Å². The highest BCUT2D eigenvalue weighted by Crippen LogP contribution is 2.34. The highest BCUT2D eigenvalue weighted by atomic mass is 79.9. The highest BCUT2D eigenvalue weighted by Gasteiger charge is 2.32. The van der Waals surface area contributed by atoms with Gasteiger partial charge in [0.2, 0.25) is 6.33 Å². The third-order valence-electron chi connectivity index (χ3n) is 6.21. The number of rotatable bonds is 8. The number of hydrogen-bond acceptors (Lipinski definition) is 3. The van der Waals surface area contributed by atoms with E-state index in [1.54, 1.807) is 24.5 Å². The summed E-state index contributed by atoms with van der Waals surface area (Å²) >= 11 is 15.8. The predicted octanol–water partition coefficient (Wildman–Crippen LogP) is 2.91. The number of carbonyl (C=O) groups is 2. The molecule has 2 amide bonds. The molecule has 0 saturated carbocycles. The van der Waals surface area contributed by atoms with Crippen LogP contribution in [0.5, 0.6) is 0 Å². The van der Waals surface area contributed by atoms with Gasteiger partial charge in [-0.2, -0.15) is 0 Å².